The van der Waals surface area contributed by atoms with Gasteiger partial charge in [0.2, 0.25) is 5.91 Å². The van der Waals surface area contributed by atoms with Crippen molar-refractivity contribution in [3.8, 4) is 0 Å². The van der Waals surface area contributed by atoms with E-state index in [9.17, 15) is 18.0 Å². The standard InChI is InChI=1S/C20H26ClF3N2O3/c1-12(2)17(25-16-4-3-14(11-15(16)21)20(22,23)24)18(27)26-7-5-13(6-8-26)19-28-9-10-29-19/h3-4,11-13,17,19,25H,5-10H2,1-2H3/t17-/m0/s1. The van der Waals surface area contributed by atoms with Crippen molar-refractivity contribution in [1.82, 2.24) is 4.90 Å². The number of nitrogens with one attached hydrogen (secondary N) is 1. The normalized spacial score (nSPS) is 20.3. The van der Waals surface area contributed by atoms with E-state index in [1.165, 1.54) is 6.07 Å². The Morgan fingerprint density at radius 1 is 1.21 bits per heavy atom. The van der Waals surface area contributed by atoms with Crippen molar-refractivity contribution >= 4 is 23.2 Å². The molecule has 1 N–H and O–H groups in total. The van der Waals surface area contributed by atoms with E-state index in [1.54, 1.807) is 4.90 Å². The molecule has 2 aliphatic rings. The number of carbonyl (C=O) groups is 1. The van der Waals surface area contributed by atoms with Crippen LogP contribution in [0.4, 0.5) is 18.9 Å². The average molecular weight is 435 g/mol. The summed E-state index contributed by atoms with van der Waals surface area (Å²) >= 11 is 6.05. The fraction of sp³-hybridized carbons (Fsp3) is 0.650. The predicted octanol–water partition coefficient (Wildman–Crippen LogP) is 4.41. The molecule has 9 heteroatoms. The van der Waals surface area contributed by atoms with Crippen LogP contribution in [0, 0.1) is 11.8 Å². The molecule has 0 aliphatic carbocycles. The van der Waals surface area contributed by atoms with Gasteiger partial charge in [-0.2, -0.15) is 13.2 Å². The highest BCUT2D eigenvalue weighted by atomic mass is 35.5. The Kier molecular flexibility index (Phi) is 6.96. The second-order valence-electron chi connectivity index (χ2n) is 7.83. The summed E-state index contributed by atoms with van der Waals surface area (Å²) in [6.45, 7) is 6.19. The SMILES string of the molecule is CC(C)[C@H](Nc1ccc(C(F)(F)F)cc1Cl)C(=O)N1CCC(C2OCCO2)CC1. The maximum absolute atomic E-state index is 13.1. The van der Waals surface area contributed by atoms with Crippen LogP contribution in [0.2, 0.25) is 5.02 Å². The molecule has 0 aromatic heterocycles. The van der Waals surface area contributed by atoms with Gasteiger partial charge in [0.25, 0.3) is 0 Å². The van der Waals surface area contributed by atoms with Crippen molar-refractivity contribution in [2.75, 3.05) is 31.6 Å². The molecule has 1 aromatic rings. The monoisotopic (exact) mass is 434 g/mol. The summed E-state index contributed by atoms with van der Waals surface area (Å²) in [6.07, 6.45) is -3.06. The molecule has 3 rings (SSSR count). The van der Waals surface area contributed by atoms with Crippen molar-refractivity contribution in [2.24, 2.45) is 11.8 Å². The number of carbonyl (C=O) groups excluding carboxylic acids is 1. The van der Waals surface area contributed by atoms with Gasteiger partial charge < -0.3 is 19.7 Å². The summed E-state index contributed by atoms with van der Waals surface area (Å²) in [6, 6.07) is 2.52. The summed E-state index contributed by atoms with van der Waals surface area (Å²) in [5.74, 6) is 0.124. The van der Waals surface area contributed by atoms with Crippen LogP contribution >= 0.6 is 11.6 Å². The quantitative estimate of drug-likeness (QED) is 0.746. The van der Waals surface area contributed by atoms with Gasteiger partial charge in [-0.1, -0.05) is 25.4 Å². The number of hydrogen-bond acceptors (Lipinski definition) is 4. The van der Waals surface area contributed by atoms with Crippen LogP contribution in [0.5, 0.6) is 0 Å². The fourth-order valence-electron chi connectivity index (χ4n) is 3.73. The number of hydrogen-bond donors (Lipinski definition) is 1. The second kappa shape index (κ2) is 9.10. The molecule has 2 aliphatic heterocycles. The number of ether oxygens (including phenoxy) is 2. The van der Waals surface area contributed by atoms with Crippen LogP contribution < -0.4 is 5.32 Å². The fourth-order valence-corrected chi connectivity index (χ4v) is 3.96. The van der Waals surface area contributed by atoms with Crippen molar-refractivity contribution in [3.05, 3.63) is 28.8 Å². The van der Waals surface area contributed by atoms with Crippen LogP contribution in [0.15, 0.2) is 18.2 Å². The van der Waals surface area contributed by atoms with Gasteiger partial charge in [-0.25, -0.2) is 0 Å². The van der Waals surface area contributed by atoms with E-state index in [0.717, 1.165) is 25.0 Å². The number of halogens is 4. The lowest BCUT2D eigenvalue weighted by Crippen LogP contribution is -2.49. The molecule has 2 heterocycles. The molecule has 0 bridgehead atoms. The number of likely N-dealkylation sites (tertiary alicyclic amines) is 1. The van der Waals surface area contributed by atoms with Crippen LogP contribution in [-0.4, -0.2) is 49.4 Å². The minimum Gasteiger partial charge on any atom is -0.372 e. The maximum Gasteiger partial charge on any atom is 0.416 e. The Balaban J connectivity index is 1.64. The van der Waals surface area contributed by atoms with Gasteiger partial charge in [0.1, 0.15) is 6.04 Å². The summed E-state index contributed by atoms with van der Waals surface area (Å²) in [5.41, 5.74) is -0.506. The van der Waals surface area contributed by atoms with E-state index in [1.807, 2.05) is 13.8 Å². The van der Waals surface area contributed by atoms with E-state index in [0.29, 0.717) is 32.0 Å². The summed E-state index contributed by atoms with van der Waals surface area (Å²) in [5, 5.41) is 2.99. The average Bonchev–Trinajstić information content (AvgIpc) is 3.20. The van der Waals surface area contributed by atoms with Gasteiger partial charge in [0.05, 0.1) is 29.5 Å². The smallest absolute Gasteiger partial charge is 0.372 e. The number of alkyl halides is 3. The third-order valence-corrected chi connectivity index (χ3v) is 5.74. The largest absolute Gasteiger partial charge is 0.416 e. The highest BCUT2D eigenvalue weighted by molar-refractivity contribution is 6.33. The van der Waals surface area contributed by atoms with Crippen LogP contribution in [0.25, 0.3) is 0 Å². The number of rotatable bonds is 5. The Morgan fingerprint density at radius 3 is 2.34 bits per heavy atom. The number of piperidine rings is 1. The first kappa shape index (κ1) is 22.2. The van der Waals surface area contributed by atoms with Gasteiger partial charge in [0, 0.05) is 19.0 Å². The Bertz CT molecular complexity index is 715. The lowest BCUT2D eigenvalue weighted by Gasteiger charge is -2.37. The van der Waals surface area contributed by atoms with Crippen LogP contribution in [0.3, 0.4) is 0 Å². The number of amides is 1. The minimum absolute atomic E-state index is 0.0625. The maximum atomic E-state index is 13.1. The lowest BCUT2D eigenvalue weighted by molar-refractivity contribution is -0.138. The Labute approximate surface area is 173 Å². The van der Waals surface area contributed by atoms with Gasteiger partial charge in [-0.3, -0.25) is 4.79 Å². The van der Waals surface area contributed by atoms with Crippen LogP contribution in [-0.2, 0) is 20.4 Å². The van der Waals surface area contributed by atoms with Gasteiger partial charge >= 0.3 is 6.18 Å². The first-order valence-electron chi connectivity index (χ1n) is 9.82. The number of nitrogens with zero attached hydrogens (tertiary/aromatic N) is 1. The van der Waals surface area contributed by atoms with E-state index in [2.05, 4.69) is 5.32 Å². The molecule has 0 unspecified atom stereocenters. The molecular formula is C20H26ClF3N2O3. The van der Waals surface area contributed by atoms with Gasteiger partial charge in [-0.05, 0) is 37.0 Å². The zero-order valence-electron chi connectivity index (χ0n) is 16.5. The van der Waals surface area contributed by atoms with Crippen molar-refractivity contribution in [3.63, 3.8) is 0 Å². The van der Waals surface area contributed by atoms with Crippen molar-refractivity contribution in [2.45, 2.75) is 45.2 Å². The molecular weight excluding hydrogens is 409 g/mol. The molecule has 162 valence electrons. The second-order valence-corrected chi connectivity index (χ2v) is 8.24. The van der Waals surface area contributed by atoms with Gasteiger partial charge in [0.15, 0.2) is 6.29 Å². The molecule has 29 heavy (non-hydrogen) atoms. The highest BCUT2D eigenvalue weighted by Gasteiger charge is 2.35. The van der Waals surface area contributed by atoms with Crippen molar-refractivity contribution < 1.29 is 27.4 Å². The van der Waals surface area contributed by atoms with E-state index >= 15 is 0 Å². The molecule has 0 saturated carbocycles. The summed E-state index contributed by atoms with van der Waals surface area (Å²) in [7, 11) is 0. The molecule has 5 nitrogen and oxygen atoms in total. The third-order valence-electron chi connectivity index (χ3n) is 5.42. The molecule has 2 saturated heterocycles. The molecule has 1 atom stereocenters. The lowest BCUT2D eigenvalue weighted by atomic mass is 9.94. The summed E-state index contributed by atoms with van der Waals surface area (Å²) < 4.78 is 49.7. The Hall–Kier alpha value is -1.51. The van der Waals surface area contributed by atoms with E-state index in [4.69, 9.17) is 21.1 Å². The number of benzene rings is 1. The van der Waals surface area contributed by atoms with E-state index in [-0.39, 0.29) is 29.1 Å². The third kappa shape index (κ3) is 5.35. The van der Waals surface area contributed by atoms with E-state index < -0.39 is 17.8 Å². The first-order valence-corrected chi connectivity index (χ1v) is 10.2. The zero-order chi connectivity index (χ0) is 21.2. The predicted molar refractivity (Wildman–Crippen MR) is 104 cm³/mol. The first-order chi connectivity index (χ1) is 13.7. The molecule has 1 aromatic carbocycles. The highest BCUT2D eigenvalue weighted by Crippen LogP contribution is 2.34. The summed E-state index contributed by atoms with van der Waals surface area (Å²) in [4.78, 5) is 14.9. The minimum atomic E-state index is -4.47. The zero-order valence-corrected chi connectivity index (χ0v) is 17.2. The molecule has 0 radical (unpaired) electrons. The molecule has 1 amide bonds. The molecule has 0 spiro atoms. The van der Waals surface area contributed by atoms with Crippen molar-refractivity contribution in [1.29, 1.82) is 0 Å². The Morgan fingerprint density at radius 2 is 1.83 bits per heavy atom. The topological polar surface area (TPSA) is 50.8 Å². The molecule has 2 fully saturated rings. The van der Waals surface area contributed by atoms with Crippen LogP contribution in [0.1, 0.15) is 32.3 Å². The number of anilines is 1. The van der Waals surface area contributed by atoms with Gasteiger partial charge in [-0.15, -0.1) is 0 Å².